The Hall–Kier alpha value is -3.26. The van der Waals surface area contributed by atoms with Gasteiger partial charge in [-0.05, 0) is 25.3 Å². The van der Waals surface area contributed by atoms with Crippen LogP contribution in [0.4, 0.5) is 0 Å². The summed E-state index contributed by atoms with van der Waals surface area (Å²) >= 11 is 0. The summed E-state index contributed by atoms with van der Waals surface area (Å²) in [5.74, 6) is -7.67. The van der Waals surface area contributed by atoms with E-state index in [4.69, 9.17) is 26.8 Å². The Balaban J connectivity index is 5.51. The zero-order chi connectivity index (χ0) is 26.4. The van der Waals surface area contributed by atoms with E-state index >= 15 is 0 Å². The molecule has 0 spiro atoms. The van der Waals surface area contributed by atoms with E-state index in [1.165, 1.54) is 0 Å². The van der Waals surface area contributed by atoms with E-state index in [1.807, 2.05) is 0 Å². The summed E-state index contributed by atoms with van der Waals surface area (Å²) in [5.41, 5.74) is 11.2. The molecule has 14 heteroatoms. The molecule has 10 N–H and O–H groups in total. The molecule has 0 saturated heterocycles. The number of hydrogen-bond donors (Lipinski definition) is 8. The minimum Gasteiger partial charge on any atom is -0.481 e. The number of amides is 3. The van der Waals surface area contributed by atoms with Gasteiger partial charge in [0.25, 0.3) is 0 Å². The molecular formula is C20H35N5O9. The van der Waals surface area contributed by atoms with E-state index in [0.29, 0.717) is 25.8 Å². The number of nitrogens with one attached hydrogen (secondary N) is 3. The maximum atomic E-state index is 12.8. The van der Waals surface area contributed by atoms with Crippen LogP contribution in [0, 0.1) is 5.92 Å². The van der Waals surface area contributed by atoms with Gasteiger partial charge in [-0.25, -0.2) is 4.79 Å². The molecule has 0 fully saturated rings. The summed E-state index contributed by atoms with van der Waals surface area (Å²) < 4.78 is 0. The van der Waals surface area contributed by atoms with Gasteiger partial charge < -0.3 is 42.7 Å². The Morgan fingerprint density at radius 2 is 1.32 bits per heavy atom. The van der Waals surface area contributed by atoms with Crippen molar-refractivity contribution in [2.45, 2.75) is 76.5 Å². The number of rotatable bonds is 17. The van der Waals surface area contributed by atoms with Crippen LogP contribution in [0.15, 0.2) is 0 Å². The Kier molecular flexibility index (Phi) is 14.1. The average molecular weight is 490 g/mol. The number of nitrogens with two attached hydrogens (primary N) is 2. The normalized spacial score (nSPS) is 15.2. The highest BCUT2D eigenvalue weighted by atomic mass is 16.4. The lowest BCUT2D eigenvalue weighted by atomic mass is 9.97. The lowest BCUT2D eigenvalue weighted by Gasteiger charge is -2.27. The van der Waals surface area contributed by atoms with E-state index in [1.54, 1.807) is 13.8 Å². The molecule has 0 rings (SSSR count). The lowest BCUT2D eigenvalue weighted by molar-refractivity contribution is -0.147. The first-order valence-electron chi connectivity index (χ1n) is 10.9. The maximum absolute atomic E-state index is 12.8. The van der Waals surface area contributed by atoms with Gasteiger partial charge in [0.1, 0.15) is 18.1 Å². The molecule has 0 bridgehead atoms. The van der Waals surface area contributed by atoms with Gasteiger partial charge in [0.05, 0.1) is 18.9 Å². The molecule has 194 valence electrons. The second-order valence-electron chi connectivity index (χ2n) is 7.92. The highest BCUT2D eigenvalue weighted by Gasteiger charge is 2.34. The zero-order valence-electron chi connectivity index (χ0n) is 19.3. The van der Waals surface area contributed by atoms with E-state index in [2.05, 4.69) is 16.0 Å². The van der Waals surface area contributed by atoms with E-state index in [0.717, 1.165) is 0 Å². The molecule has 0 aromatic heterocycles. The summed E-state index contributed by atoms with van der Waals surface area (Å²) in [6, 6.07) is -5.62. The molecule has 0 heterocycles. The quantitative estimate of drug-likeness (QED) is 0.103. The minimum absolute atomic E-state index is 0.266. The number of aliphatic carboxylic acids is 3. The Morgan fingerprint density at radius 1 is 0.794 bits per heavy atom. The number of carboxylic acid groups (broad SMARTS) is 3. The molecular weight excluding hydrogens is 454 g/mol. The minimum atomic E-state index is -1.74. The highest BCUT2D eigenvalue weighted by molar-refractivity contribution is 5.96. The second-order valence-corrected chi connectivity index (χ2v) is 7.92. The van der Waals surface area contributed by atoms with E-state index in [-0.39, 0.29) is 6.42 Å². The number of carbonyl (C=O) groups excluding carboxylic acids is 3. The smallest absolute Gasteiger partial charge is 0.326 e. The predicted octanol–water partition coefficient (Wildman–Crippen LogP) is -2.02. The van der Waals surface area contributed by atoms with Crippen LogP contribution in [0.3, 0.4) is 0 Å². The maximum Gasteiger partial charge on any atom is 0.326 e. The fourth-order valence-corrected chi connectivity index (χ4v) is 2.89. The molecule has 34 heavy (non-hydrogen) atoms. The van der Waals surface area contributed by atoms with Crippen molar-refractivity contribution in [1.82, 2.24) is 16.0 Å². The van der Waals surface area contributed by atoms with Crippen LogP contribution < -0.4 is 27.4 Å². The van der Waals surface area contributed by atoms with Crippen molar-refractivity contribution < 1.29 is 44.1 Å². The number of carbonyl (C=O) groups is 6. The molecule has 5 atom stereocenters. The molecule has 0 aliphatic rings. The zero-order valence-corrected chi connectivity index (χ0v) is 19.3. The molecule has 0 aliphatic heterocycles. The van der Waals surface area contributed by atoms with Gasteiger partial charge in [-0.15, -0.1) is 0 Å². The van der Waals surface area contributed by atoms with E-state index in [9.17, 15) is 28.8 Å². The molecule has 5 unspecified atom stereocenters. The average Bonchev–Trinajstić information content (AvgIpc) is 2.74. The van der Waals surface area contributed by atoms with Crippen LogP contribution in [0.5, 0.6) is 0 Å². The van der Waals surface area contributed by atoms with Crippen LogP contribution in [-0.2, 0) is 28.8 Å². The van der Waals surface area contributed by atoms with Crippen LogP contribution in [-0.4, -0.2) is 81.7 Å². The van der Waals surface area contributed by atoms with Crippen molar-refractivity contribution in [1.29, 1.82) is 0 Å². The van der Waals surface area contributed by atoms with Crippen molar-refractivity contribution >= 4 is 35.6 Å². The van der Waals surface area contributed by atoms with Gasteiger partial charge >= 0.3 is 17.9 Å². The Labute approximate surface area is 196 Å². The largest absolute Gasteiger partial charge is 0.481 e. The molecule has 0 saturated carbocycles. The van der Waals surface area contributed by atoms with Crippen LogP contribution >= 0.6 is 0 Å². The standard InChI is InChI=1S/C20H35N5O9/c1-3-10(2)16(19(32)24-13(20(33)34)9-15(28)29)25-18(31)12(8-14(26)27)23-17(30)11(22)6-4-5-7-21/h10-13,16H,3-9,21-22H2,1-2H3,(H,23,30)(H,24,32)(H,25,31)(H,26,27)(H,28,29)(H,33,34). The first-order chi connectivity index (χ1) is 15.8. The fraction of sp³-hybridized carbons (Fsp3) is 0.700. The molecule has 0 aliphatic carbocycles. The van der Waals surface area contributed by atoms with Crippen molar-refractivity contribution in [3.63, 3.8) is 0 Å². The molecule has 0 aromatic carbocycles. The molecule has 0 aromatic rings. The van der Waals surface area contributed by atoms with Crippen molar-refractivity contribution in [3.8, 4) is 0 Å². The predicted molar refractivity (Wildman–Crippen MR) is 118 cm³/mol. The Bertz CT molecular complexity index is 746. The van der Waals surface area contributed by atoms with Crippen molar-refractivity contribution in [2.75, 3.05) is 6.54 Å². The third-order valence-corrected chi connectivity index (χ3v) is 5.10. The van der Waals surface area contributed by atoms with Gasteiger partial charge in [-0.3, -0.25) is 24.0 Å². The molecule has 0 radical (unpaired) electrons. The van der Waals surface area contributed by atoms with Gasteiger partial charge in [0, 0.05) is 0 Å². The third-order valence-electron chi connectivity index (χ3n) is 5.10. The number of unbranched alkanes of at least 4 members (excludes halogenated alkanes) is 1. The topological polar surface area (TPSA) is 251 Å². The van der Waals surface area contributed by atoms with Crippen molar-refractivity contribution in [2.24, 2.45) is 17.4 Å². The van der Waals surface area contributed by atoms with Gasteiger partial charge in [0.15, 0.2) is 0 Å². The van der Waals surface area contributed by atoms with Gasteiger partial charge in [0.2, 0.25) is 17.7 Å². The van der Waals surface area contributed by atoms with Crippen molar-refractivity contribution in [3.05, 3.63) is 0 Å². The SMILES string of the molecule is CCC(C)C(NC(=O)C(CC(=O)O)NC(=O)C(N)CCCCN)C(=O)NC(CC(=O)O)C(=O)O. The highest BCUT2D eigenvalue weighted by Crippen LogP contribution is 2.10. The third kappa shape index (κ3) is 11.6. The molecule has 3 amide bonds. The summed E-state index contributed by atoms with van der Waals surface area (Å²) in [4.78, 5) is 71.2. The summed E-state index contributed by atoms with van der Waals surface area (Å²) in [7, 11) is 0. The Morgan fingerprint density at radius 3 is 1.79 bits per heavy atom. The first kappa shape index (κ1) is 30.7. The number of hydrogen-bond acceptors (Lipinski definition) is 8. The van der Waals surface area contributed by atoms with Crippen LogP contribution in [0.2, 0.25) is 0 Å². The summed E-state index contributed by atoms with van der Waals surface area (Å²) in [6.45, 7) is 3.68. The second kappa shape index (κ2) is 15.6. The fourth-order valence-electron chi connectivity index (χ4n) is 2.89. The van der Waals surface area contributed by atoms with Gasteiger partial charge in [-0.1, -0.05) is 26.7 Å². The van der Waals surface area contributed by atoms with E-state index < -0.39 is 78.6 Å². The number of carboxylic acids is 3. The first-order valence-corrected chi connectivity index (χ1v) is 10.9. The monoisotopic (exact) mass is 489 g/mol. The van der Waals surface area contributed by atoms with Crippen LogP contribution in [0.1, 0.15) is 52.4 Å². The molecule has 14 nitrogen and oxygen atoms in total. The summed E-state index contributed by atoms with van der Waals surface area (Å²) in [6.07, 6.45) is 0.128. The lowest BCUT2D eigenvalue weighted by Crippen LogP contribution is -2.59. The van der Waals surface area contributed by atoms with Crippen LogP contribution in [0.25, 0.3) is 0 Å². The van der Waals surface area contributed by atoms with Gasteiger partial charge in [-0.2, -0.15) is 0 Å². The summed E-state index contributed by atoms with van der Waals surface area (Å²) in [5, 5.41) is 33.8.